The summed E-state index contributed by atoms with van der Waals surface area (Å²) in [4.78, 5) is 70.9. The van der Waals surface area contributed by atoms with Crippen LogP contribution in [0.1, 0.15) is 94.4 Å². The van der Waals surface area contributed by atoms with Crippen molar-refractivity contribution < 1.29 is 28.7 Å². The van der Waals surface area contributed by atoms with Crippen molar-refractivity contribution >= 4 is 64.5 Å². The SMILES string of the molecule is CCCN(CCC)C(=O)C1=Cc2sc(CCCCCNC(=O)OCc3ccc(NC(=O)[C@H](CCCNC(N)=O)NC(=O)C(N)C(C)C)cc3)cc2N=C(N)C1. The zero-order valence-corrected chi connectivity index (χ0v) is 33.4. The van der Waals surface area contributed by atoms with E-state index < -0.39 is 36.0 Å². The number of benzene rings is 1. The molecule has 3 rings (SSSR count). The van der Waals surface area contributed by atoms with Gasteiger partial charge in [0, 0.05) is 48.7 Å². The fraction of sp³-hybridized carbons (Fsp3) is 0.538. The van der Waals surface area contributed by atoms with Gasteiger partial charge in [0.15, 0.2) is 0 Å². The molecule has 55 heavy (non-hydrogen) atoms. The van der Waals surface area contributed by atoms with Crippen molar-refractivity contribution in [3.8, 4) is 0 Å². The van der Waals surface area contributed by atoms with Crippen LogP contribution in [0.4, 0.5) is 21.0 Å². The number of unbranched alkanes of at least 4 members (excludes halogenated alkanes) is 2. The second kappa shape index (κ2) is 23.1. The highest BCUT2D eigenvalue weighted by Crippen LogP contribution is 2.35. The van der Waals surface area contributed by atoms with Gasteiger partial charge in [-0.2, -0.15) is 0 Å². The molecule has 0 bridgehead atoms. The molecule has 1 aromatic carbocycles. The Labute approximate surface area is 328 Å². The number of alkyl carbamates (subject to hydrolysis) is 1. The number of amidine groups is 1. The first-order valence-electron chi connectivity index (χ1n) is 19.2. The number of rotatable bonds is 22. The van der Waals surface area contributed by atoms with Gasteiger partial charge in [-0.15, -0.1) is 11.3 Å². The molecule has 0 aliphatic carbocycles. The second-order valence-corrected chi connectivity index (χ2v) is 15.1. The lowest BCUT2D eigenvalue weighted by Gasteiger charge is -2.22. The van der Waals surface area contributed by atoms with Crippen molar-refractivity contribution in [1.29, 1.82) is 0 Å². The first-order chi connectivity index (χ1) is 26.3. The Kier molecular flexibility index (Phi) is 18.6. The summed E-state index contributed by atoms with van der Waals surface area (Å²) in [6.45, 7) is 9.98. The number of nitrogens with one attached hydrogen (secondary N) is 4. The van der Waals surface area contributed by atoms with Crippen LogP contribution >= 0.6 is 11.3 Å². The average Bonchev–Trinajstić information content (AvgIpc) is 3.44. The molecule has 2 heterocycles. The highest BCUT2D eigenvalue weighted by Gasteiger charge is 2.26. The number of primary amides is 1. The fourth-order valence-corrected chi connectivity index (χ4v) is 6.93. The number of aryl methyl sites for hydroxylation is 1. The molecule has 2 aromatic rings. The summed E-state index contributed by atoms with van der Waals surface area (Å²) in [7, 11) is 0. The summed E-state index contributed by atoms with van der Waals surface area (Å²) < 4.78 is 5.36. The molecule has 0 spiro atoms. The van der Waals surface area contributed by atoms with Gasteiger partial charge >= 0.3 is 12.1 Å². The van der Waals surface area contributed by atoms with E-state index in [0.29, 0.717) is 36.5 Å². The van der Waals surface area contributed by atoms with Gasteiger partial charge in [-0.3, -0.25) is 14.4 Å². The third kappa shape index (κ3) is 15.4. The molecule has 16 heteroatoms. The van der Waals surface area contributed by atoms with Crippen LogP contribution in [0.25, 0.3) is 6.08 Å². The number of hydrogen-bond acceptors (Lipinski definition) is 10. The first-order valence-corrected chi connectivity index (χ1v) is 20.0. The number of anilines is 1. The summed E-state index contributed by atoms with van der Waals surface area (Å²) in [5, 5.41) is 10.8. The standard InChI is InChI=1S/C39H59N9O6S/c1-5-19-48(20-6-2)37(51)27-21-32-31(46-33(40)22-27)23-29(55-32)11-8-7-9-17-44-39(53)54-24-26-13-15-28(16-14-26)45-35(49)30(12-10-18-43-38(42)52)47-36(50)34(41)25(3)4/h13-16,21,23,25,30,34H,5-12,17-20,22,24,41H2,1-4H3,(H2,40,46)(H,44,53)(H,45,49)(H,47,50)(H3,42,43,52)/t30-,34?/m0/s1. The molecule has 0 fully saturated rings. The predicted octanol–water partition coefficient (Wildman–Crippen LogP) is 4.67. The van der Waals surface area contributed by atoms with Gasteiger partial charge in [0.2, 0.25) is 17.7 Å². The fourth-order valence-electron chi connectivity index (χ4n) is 5.82. The smallest absolute Gasteiger partial charge is 0.407 e. The van der Waals surface area contributed by atoms with E-state index >= 15 is 0 Å². The summed E-state index contributed by atoms with van der Waals surface area (Å²) in [5.41, 5.74) is 20.0. The summed E-state index contributed by atoms with van der Waals surface area (Å²) in [6.07, 6.45) is 7.73. The molecule has 0 radical (unpaired) electrons. The van der Waals surface area contributed by atoms with Gasteiger partial charge in [-0.1, -0.05) is 46.2 Å². The number of aliphatic imine (C=N–C) groups is 1. The van der Waals surface area contributed by atoms with Crippen molar-refractivity contribution in [2.24, 2.45) is 28.1 Å². The number of fused-ring (bicyclic) bond motifs is 1. The zero-order chi connectivity index (χ0) is 40.3. The van der Waals surface area contributed by atoms with Gasteiger partial charge in [0.1, 0.15) is 18.5 Å². The molecule has 302 valence electrons. The Bertz CT molecular complexity index is 1650. The van der Waals surface area contributed by atoms with Crippen molar-refractivity contribution in [3.05, 3.63) is 51.2 Å². The molecule has 0 saturated carbocycles. The van der Waals surface area contributed by atoms with Crippen molar-refractivity contribution in [2.75, 3.05) is 31.5 Å². The normalized spacial score (nSPS) is 13.3. The van der Waals surface area contributed by atoms with Crippen LogP contribution in [0.2, 0.25) is 0 Å². The minimum Gasteiger partial charge on any atom is -0.445 e. The van der Waals surface area contributed by atoms with Crippen LogP contribution in [0.3, 0.4) is 0 Å². The number of carbonyl (C=O) groups excluding carboxylic acids is 5. The van der Waals surface area contributed by atoms with E-state index in [1.165, 1.54) is 4.88 Å². The third-order valence-corrected chi connectivity index (χ3v) is 10.00. The number of urea groups is 1. The van der Waals surface area contributed by atoms with Gasteiger partial charge in [-0.05, 0) is 80.7 Å². The minimum atomic E-state index is -0.880. The molecule has 1 unspecified atom stereocenters. The maximum atomic E-state index is 13.3. The van der Waals surface area contributed by atoms with Crippen molar-refractivity contribution in [1.82, 2.24) is 20.9 Å². The Balaban J connectivity index is 1.40. The molecule has 1 aromatic heterocycles. The summed E-state index contributed by atoms with van der Waals surface area (Å²) >= 11 is 1.64. The summed E-state index contributed by atoms with van der Waals surface area (Å²) in [6, 6.07) is 6.54. The lowest BCUT2D eigenvalue weighted by molar-refractivity contribution is -0.128. The maximum absolute atomic E-state index is 13.3. The van der Waals surface area contributed by atoms with Gasteiger partial charge < -0.3 is 48.1 Å². The van der Waals surface area contributed by atoms with Gasteiger partial charge in [0.05, 0.1) is 16.6 Å². The van der Waals surface area contributed by atoms with Crippen molar-refractivity contribution in [3.63, 3.8) is 0 Å². The minimum absolute atomic E-state index is 0.0292. The lowest BCUT2D eigenvalue weighted by Crippen LogP contribution is -2.51. The average molecular weight is 782 g/mol. The molecule has 10 N–H and O–H groups in total. The van der Waals surface area contributed by atoms with Gasteiger partial charge in [-0.25, -0.2) is 14.6 Å². The van der Waals surface area contributed by atoms with Crippen molar-refractivity contribution in [2.45, 2.75) is 104 Å². The lowest BCUT2D eigenvalue weighted by atomic mass is 10.0. The highest BCUT2D eigenvalue weighted by atomic mass is 32.1. The number of hydrogen-bond donors (Lipinski definition) is 7. The van der Waals surface area contributed by atoms with E-state index in [-0.39, 0.29) is 31.4 Å². The molecule has 2 atom stereocenters. The van der Waals surface area contributed by atoms with Crippen LogP contribution in [-0.2, 0) is 32.1 Å². The topological polar surface area (TPSA) is 236 Å². The van der Waals surface area contributed by atoms with Crippen LogP contribution in [0.5, 0.6) is 0 Å². The van der Waals surface area contributed by atoms with E-state index in [1.807, 2.05) is 24.8 Å². The van der Waals surface area contributed by atoms with Gasteiger partial charge in [0.25, 0.3) is 0 Å². The Morgan fingerprint density at radius 3 is 2.29 bits per heavy atom. The third-order valence-electron chi connectivity index (χ3n) is 8.86. The Morgan fingerprint density at radius 1 is 0.945 bits per heavy atom. The summed E-state index contributed by atoms with van der Waals surface area (Å²) in [5.74, 6) is -0.522. The highest BCUT2D eigenvalue weighted by molar-refractivity contribution is 7.13. The molecular formula is C39H59N9O6S. The van der Waals surface area contributed by atoms with E-state index in [4.69, 9.17) is 21.9 Å². The van der Waals surface area contributed by atoms with E-state index in [0.717, 1.165) is 67.7 Å². The number of ether oxygens (including phenoxy) is 1. The van der Waals surface area contributed by atoms with Crippen LogP contribution < -0.4 is 38.5 Å². The van der Waals surface area contributed by atoms with Crippen LogP contribution in [0, 0.1) is 5.92 Å². The second-order valence-electron chi connectivity index (χ2n) is 14.0. The molecule has 0 saturated heterocycles. The number of nitrogens with zero attached hydrogens (tertiary/aromatic N) is 2. The van der Waals surface area contributed by atoms with E-state index in [1.54, 1.807) is 35.6 Å². The maximum Gasteiger partial charge on any atom is 0.407 e. The number of nitrogens with two attached hydrogens (primary N) is 3. The monoisotopic (exact) mass is 781 g/mol. The zero-order valence-electron chi connectivity index (χ0n) is 32.6. The molecule has 1 aliphatic rings. The molecular weight excluding hydrogens is 723 g/mol. The molecule has 15 nitrogen and oxygen atoms in total. The largest absolute Gasteiger partial charge is 0.445 e. The quantitative estimate of drug-likeness (QED) is 0.0828. The number of thiophene rings is 1. The Morgan fingerprint density at radius 2 is 1.64 bits per heavy atom. The van der Waals surface area contributed by atoms with E-state index in [2.05, 4.69) is 46.2 Å². The van der Waals surface area contributed by atoms with Crippen LogP contribution in [-0.4, -0.2) is 78.8 Å². The van der Waals surface area contributed by atoms with Crippen LogP contribution in [0.15, 0.2) is 40.9 Å². The Hall–Kier alpha value is -4.96. The predicted molar refractivity (Wildman–Crippen MR) is 218 cm³/mol. The van der Waals surface area contributed by atoms with E-state index in [9.17, 15) is 24.0 Å². The molecule has 1 aliphatic heterocycles. The number of amides is 6. The first kappa shape index (κ1) is 44.4. The molecule has 6 amide bonds. The number of carbonyl (C=O) groups is 5.